The second-order valence-electron chi connectivity index (χ2n) is 7.30. The number of thiazole rings is 1. The Labute approximate surface area is 162 Å². The lowest BCUT2D eigenvalue weighted by atomic mass is 9.84. The van der Waals surface area contributed by atoms with E-state index in [1.807, 2.05) is 35.7 Å². The minimum Gasteiger partial charge on any atom is -0.451 e. The Kier molecular flexibility index (Phi) is 4.30. The third-order valence-electron chi connectivity index (χ3n) is 5.63. The van der Waals surface area contributed by atoms with Crippen molar-refractivity contribution in [1.82, 2.24) is 15.2 Å². The maximum atomic E-state index is 12.7. The van der Waals surface area contributed by atoms with Crippen LogP contribution in [0.3, 0.4) is 0 Å². The van der Waals surface area contributed by atoms with E-state index in [9.17, 15) is 4.79 Å². The molecule has 3 fully saturated rings. The summed E-state index contributed by atoms with van der Waals surface area (Å²) in [5.74, 6) is 1.56. The van der Waals surface area contributed by atoms with E-state index in [-0.39, 0.29) is 11.9 Å². The number of nitrogens with zero attached hydrogens (tertiary/aromatic N) is 2. The van der Waals surface area contributed by atoms with E-state index in [2.05, 4.69) is 15.2 Å². The number of carbonyl (C=O) groups excluding carboxylic acids is 1. The minimum atomic E-state index is -0.115. The monoisotopic (exact) mass is 379 g/mol. The number of hydrogen-bond donors (Lipinski definition) is 1. The van der Waals surface area contributed by atoms with E-state index in [1.54, 1.807) is 23.6 Å². The van der Waals surface area contributed by atoms with E-state index >= 15 is 0 Å². The van der Waals surface area contributed by atoms with Crippen LogP contribution in [0.5, 0.6) is 0 Å². The lowest BCUT2D eigenvalue weighted by Gasteiger charge is -2.44. The van der Waals surface area contributed by atoms with E-state index in [1.165, 1.54) is 12.8 Å². The first-order chi connectivity index (χ1) is 13.3. The summed E-state index contributed by atoms with van der Waals surface area (Å²) < 4.78 is 5.88. The summed E-state index contributed by atoms with van der Waals surface area (Å²) >= 11 is 1.61. The topological polar surface area (TPSA) is 58.4 Å². The van der Waals surface area contributed by atoms with Crippen LogP contribution in [0, 0.1) is 5.92 Å². The quantitative estimate of drug-likeness (QED) is 0.747. The number of amides is 1. The molecule has 0 radical (unpaired) electrons. The first-order valence-corrected chi connectivity index (χ1v) is 10.3. The smallest absolute Gasteiger partial charge is 0.287 e. The number of benzene rings is 1. The van der Waals surface area contributed by atoms with Crippen molar-refractivity contribution in [2.45, 2.75) is 18.9 Å². The van der Waals surface area contributed by atoms with Gasteiger partial charge in [0.1, 0.15) is 10.8 Å². The molecule has 1 atom stereocenters. The van der Waals surface area contributed by atoms with Gasteiger partial charge >= 0.3 is 0 Å². The molecule has 27 heavy (non-hydrogen) atoms. The zero-order valence-corrected chi connectivity index (χ0v) is 15.7. The fraction of sp³-hybridized carbons (Fsp3) is 0.333. The van der Waals surface area contributed by atoms with Crippen molar-refractivity contribution in [2.75, 3.05) is 19.6 Å². The largest absolute Gasteiger partial charge is 0.451 e. The lowest BCUT2D eigenvalue weighted by molar-refractivity contribution is 0.0606. The molecule has 1 aromatic carbocycles. The second-order valence-corrected chi connectivity index (χ2v) is 8.19. The van der Waals surface area contributed by atoms with E-state index < -0.39 is 0 Å². The zero-order valence-electron chi connectivity index (χ0n) is 14.9. The van der Waals surface area contributed by atoms with Gasteiger partial charge in [0.25, 0.3) is 5.91 Å². The maximum Gasteiger partial charge on any atom is 0.287 e. The number of hydrogen-bond acceptors (Lipinski definition) is 5. The molecule has 5 nitrogen and oxygen atoms in total. The summed E-state index contributed by atoms with van der Waals surface area (Å²) in [5, 5.41) is 6.12. The molecule has 6 rings (SSSR count). The van der Waals surface area contributed by atoms with E-state index in [0.29, 0.717) is 17.4 Å². The highest BCUT2D eigenvalue weighted by Crippen LogP contribution is 2.30. The first-order valence-electron chi connectivity index (χ1n) is 9.39. The van der Waals surface area contributed by atoms with Crippen LogP contribution in [-0.4, -0.2) is 41.5 Å². The van der Waals surface area contributed by atoms with Crippen LogP contribution < -0.4 is 5.32 Å². The Bertz CT molecular complexity index is 942. The molecule has 1 amide bonds. The van der Waals surface area contributed by atoms with Crippen LogP contribution in [0.2, 0.25) is 0 Å². The highest BCUT2D eigenvalue weighted by molar-refractivity contribution is 7.13. The molecule has 3 saturated heterocycles. The van der Waals surface area contributed by atoms with Crippen molar-refractivity contribution in [1.29, 1.82) is 0 Å². The van der Waals surface area contributed by atoms with Gasteiger partial charge in [0, 0.05) is 35.3 Å². The maximum absolute atomic E-state index is 12.7. The molecule has 6 heteroatoms. The molecule has 0 saturated carbocycles. The molecule has 0 spiro atoms. The molecule has 5 heterocycles. The summed E-state index contributed by atoms with van der Waals surface area (Å²) in [6.45, 7) is 3.29. The lowest BCUT2D eigenvalue weighted by Crippen LogP contribution is -2.57. The third-order valence-corrected chi connectivity index (χ3v) is 6.45. The van der Waals surface area contributed by atoms with Gasteiger partial charge in [0.05, 0.1) is 0 Å². The standard InChI is InChI=1S/C21H21N3O2S/c25-20(23-17-13-24-9-6-14(17)7-10-24)19-5-4-18(26-19)15-2-1-3-16(12-15)21-22-8-11-27-21/h1-5,8,11-12,14,17H,6-7,9-10,13H2,(H,23,25). The molecule has 2 aromatic heterocycles. The predicted octanol–water partition coefficient (Wildman–Crippen LogP) is 3.89. The molecule has 138 valence electrons. The van der Waals surface area contributed by atoms with Crippen molar-refractivity contribution >= 4 is 17.2 Å². The van der Waals surface area contributed by atoms with Crippen LogP contribution in [0.25, 0.3) is 21.9 Å². The van der Waals surface area contributed by atoms with Gasteiger partial charge in [-0.05, 0) is 50.0 Å². The molecule has 3 aliphatic rings. The Hall–Kier alpha value is -2.44. The van der Waals surface area contributed by atoms with Crippen LogP contribution >= 0.6 is 11.3 Å². The van der Waals surface area contributed by atoms with Gasteiger partial charge in [-0.2, -0.15) is 0 Å². The Balaban J connectivity index is 1.32. The Morgan fingerprint density at radius 3 is 2.78 bits per heavy atom. The van der Waals surface area contributed by atoms with Gasteiger partial charge in [-0.15, -0.1) is 11.3 Å². The van der Waals surface area contributed by atoms with Crippen LogP contribution in [0.1, 0.15) is 23.4 Å². The van der Waals surface area contributed by atoms with Gasteiger partial charge in [0.15, 0.2) is 5.76 Å². The van der Waals surface area contributed by atoms with Crippen LogP contribution in [-0.2, 0) is 0 Å². The van der Waals surface area contributed by atoms with Gasteiger partial charge in [-0.3, -0.25) is 4.79 Å². The van der Waals surface area contributed by atoms with Crippen molar-refractivity contribution in [2.24, 2.45) is 5.92 Å². The number of fused-ring (bicyclic) bond motifs is 3. The highest BCUT2D eigenvalue weighted by atomic mass is 32.1. The van der Waals surface area contributed by atoms with Crippen molar-refractivity contribution in [3.8, 4) is 21.9 Å². The van der Waals surface area contributed by atoms with Crippen LogP contribution in [0.15, 0.2) is 52.4 Å². The normalized spacial score (nSPS) is 24.1. The number of piperidine rings is 3. The molecule has 1 unspecified atom stereocenters. The van der Waals surface area contributed by atoms with Gasteiger partial charge in [-0.25, -0.2) is 4.98 Å². The Morgan fingerprint density at radius 1 is 1.19 bits per heavy atom. The highest BCUT2D eigenvalue weighted by Gasteiger charge is 2.35. The molecule has 3 aliphatic heterocycles. The molecular weight excluding hydrogens is 358 g/mol. The summed E-state index contributed by atoms with van der Waals surface area (Å²) in [4.78, 5) is 19.4. The molecule has 1 N–H and O–H groups in total. The SMILES string of the molecule is O=C(NC1CN2CCC1CC2)c1ccc(-c2cccc(-c3nccs3)c2)o1. The Morgan fingerprint density at radius 2 is 2.04 bits per heavy atom. The summed E-state index contributed by atoms with van der Waals surface area (Å²) in [6, 6.07) is 11.9. The van der Waals surface area contributed by atoms with Gasteiger partial charge < -0.3 is 14.6 Å². The third kappa shape index (κ3) is 3.31. The molecule has 3 aromatic rings. The zero-order chi connectivity index (χ0) is 18.2. The number of rotatable bonds is 4. The molecule has 2 bridgehead atoms. The predicted molar refractivity (Wildman–Crippen MR) is 106 cm³/mol. The van der Waals surface area contributed by atoms with Crippen LogP contribution in [0.4, 0.5) is 0 Å². The number of nitrogens with one attached hydrogen (secondary N) is 1. The van der Waals surface area contributed by atoms with Crippen molar-refractivity contribution < 1.29 is 9.21 Å². The van der Waals surface area contributed by atoms with Gasteiger partial charge in [0.2, 0.25) is 0 Å². The molecular formula is C21H21N3O2S. The summed E-state index contributed by atoms with van der Waals surface area (Å²) in [7, 11) is 0. The van der Waals surface area contributed by atoms with Crippen molar-refractivity contribution in [3.05, 3.63) is 53.7 Å². The number of furan rings is 1. The fourth-order valence-corrected chi connectivity index (χ4v) is 4.79. The average molecular weight is 379 g/mol. The summed E-state index contributed by atoms with van der Waals surface area (Å²) in [6.07, 6.45) is 4.16. The average Bonchev–Trinajstić information content (AvgIpc) is 3.41. The van der Waals surface area contributed by atoms with Crippen molar-refractivity contribution in [3.63, 3.8) is 0 Å². The second kappa shape index (κ2) is 6.94. The molecule has 0 aliphatic carbocycles. The summed E-state index contributed by atoms with van der Waals surface area (Å²) in [5.41, 5.74) is 2.00. The number of aromatic nitrogens is 1. The van der Waals surface area contributed by atoms with E-state index in [0.717, 1.165) is 35.8 Å². The van der Waals surface area contributed by atoms with Gasteiger partial charge in [-0.1, -0.05) is 18.2 Å². The van der Waals surface area contributed by atoms with E-state index in [4.69, 9.17) is 4.42 Å². The fourth-order valence-electron chi connectivity index (χ4n) is 4.15. The number of carbonyl (C=O) groups is 1. The first kappa shape index (κ1) is 16.7. The minimum absolute atomic E-state index is 0.115.